The van der Waals surface area contributed by atoms with Gasteiger partial charge >= 0.3 is 0 Å². The second-order valence-corrected chi connectivity index (χ2v) is 10.5. The smallest absolute Gasteiger partial charge is 0.285 e. The number of imidazole rings is 1. The Labute approximate surface area is 216 Å². The van der Waals surface area contributed by atoms with Crippen LogP contribution in [0.4, 0.5) is 0 Å². The van der Waals surface area contributed by atoms with Crippen molar-refractivity contribution in [2.24, 2.45) is 0 Å². The van der Waals surface area contributed by atoms with E-state index in [-0.39, 0.29) is 10.6 Å². The quantitative estimate of drug-likeness (QED) is 0.319. The van der Waals surface area contributed by atoms with Gasteiger partial charge in [0.05, 0.1) is 11.4 Å². The van der Waals surface area contributed by atoms with Gasteiger partial charge in [-0.3, -0.25) is 4.79 Å². The Morgan fingerprint density at radius 2 is 1.72 bits per heavy atom. The fourth-order valence-corrected chi connectivity index (χ4v) is 5.01. The lowest BCUT2D eigenvalue weighted by Crippen LogP contribution is -2.30. The first kappa shape index (κ1) is 25.4. The monoisotopic (exact) mass is 519 g/mol. The van der Waals surface area contributed by atoms with Crippen LogP contribution in [0.15, 0.2) is 90.5 Å². The van der Waals surface area contributed by atoms with E-state index in [4.69, 9.17) is 11.6 Å². The number of carbonyl (C=O) groups is 1. The fraction of sp³-hybridized carbons (Fsp3) is 0.143. The number of sulfonamides is 1. The third-order valence-corrected chi connectivity index (χ3v) is 7.56. The van der Waals surface area contributed by atoms with Gasteiger partial charge in [-0.25, -0.2) is 18.1 Å². The summed E-state index contributed by atoms with van der Waals surface area (Å²) < 4.78 is 29.1. The molecule has 0 unspecified atom stereocenters. The molecular formula is C28H26ClN3O3S. The summed E-state index contributed by atoms with van der Waals surface area (Å²) in [5, 5.41) is 0.630. The highest BCUT2D eigenvalue weighted by molar-refractivity contribution is 7.90. The van der Waals surface area contributed by atoms with Gasteiger partial charge in [0.25, 0.3) is 15.9 Å². The normalized spacial score (nSPS) is 11.3. The van der Waals surface area contributed by atoms with Gasteiger partial charge in [-0.05, 0) is 60.2 Å². The zero-order chi connectivity index (χ0) is 25.7. The van der Waals surface area contributed by atoms with Gasteiger partial charge < -0.3 is 4.57 Å². The second-order valence-electron chi connectivity index (χ2n) is 8.42. The number of aromatic nitrogens is 2. The van der Waals surface area contributed by atoms with E-state index in [9.17, 15) is 13.2 Å². The lowest BCUT2D eigenvalue weighted by Gasteiger charge is -2.09. The molecule has 0 aliphatic heterocycles. The van der Waals surface area contributed by atoms with Gasteiger partial charge in [0, 0.05) is 11.2 Å². The number of halogens is 1. The molecule has 36 heavy (non-hydrogen) atoms. The number of amides is 1. The van der Waals surface area contributed by atoms with Crippen LogP contribution in [0.2, 0.25) is 5.02 Å². The molecule has 0 spiro atoms. The van der Waals surface area contributed by atoms with Crippen molar-refractivity contribution in [1.82, 2.24) is 14.3 Å². The summed E-state index contributed by atoms with van der Waals surface area (Å²) in [5.74, 6) is -0.232. The molecule has 1 N–H and O–H groups in total. The summed E-state index contributed by atoms with van der Waals surface area (Å²) in [6, 6.07) is 22.3. The van der Waals surface area contributed by atoms with Crippen molar-refractivity contribution in [2.75, 3.05) is 0 Å². The lowest BCUT2D eigenvalue weighted by atomic mass is 10.0. The molecular weight excluding hydrogens is 494 g/mol. The molecule has 1 amide bonds. The van der Waals surface area contributed by atoms with E-state index in [2.05, 4.69) is 28.4 Å². The third kappa shape index (κ3) is 6.11. The Balaban J connectivity index is 1.43. The molecule has 0 bridgehead atoms. The minimum atomic E-state index is -4.04. The van der Waals surface area contributed by atoms with E-state index in [0.29, 0.717) is 17.4 Å². The van der Waals surface area contributed by atoms with E-state index in [1.54, 1.807) is 29.7 Å². The van der Waals surface area contributed by atoms with Crippen molar-refractivity contribution in [3.05, 3.63) is 124 Å². The van der Waals surface area contributed by atoms with E-state index >= 15 is 0 Å². The molecule has 1 aromatic heterocycles. The van der Waals surface area contributed by atoms with Crippen LogP contribution in [0, 0.1) is 6.92 Å². The average Bonchev–Trinajstić information content (AvgIpc) is 3.25. The molecule has 1 heterocycles. The Kier molecular flexibility index (Phi) is 7.72. The number of rotatable bonds is 9. The maximum Gasteiger partial charge on any atom is 0.285 e. The van der Waals surface area contributed by atoms with E-state index < -0.39 is 15.9 Å². The zero-order valence-corrected chi connectivity index (χ0v) is 21.4. The van der Waals surface area contributed by atoms with Crippen LogP contribution in [-0.2, 0) is 29.4 Å². The second kappa shape index (κ2) is 10.9. The molecule has 8 heteroatoms. The highest BCUT2D eigenvalue weighted by Gasteiger charge is 2.21. The van der Waals surface area contributed by atoms with Crippen LogP contribution in [0.5, 0.6) is 0 Å². The Bertz CT molecular complexity index is 1500. The van der Waals surface area contributed by atoms with Gasteiger partial charge in [0.1, 0.15) is 11.5 Å². The summed E-state index contributed by atoms with van der Waals surface area (Å²) in [6.45, 7) is 5.80. The summed E-state index contributed by atoms with van der Waals surface area (Å²) in [7, 11) is -4.04. The minimum Gasteiger partial charge on any atom is -0.330 e. The topological polar surface area (TPSA) is 81.1 Å². The number of hydrogen-bond acceptors (Lipinski definition) is 4. The molecule has 0 radical (unpaired) electrons. The Hall–Kier alpha value is -3.68. The van der Waals surface area contributed by atoms with Crippen molar-refractivity contribution in [3.8, 4) is 0 Å². The molecule has 6 nitrogen and oxygen atoms in total. The van der Waals surface area contributed by atoms with Crippen molar-refractivity contribution < 1.29 is 13.2 Å². The highest BCUT2D eigenvalue weighted by atomic mass is 35.5. The van der Waals surface area contributed by atoms with Crippen LogP contribution in [0.25, 0.3) is 6.08 Å². The van der Waals surface area contributed by atoms with Crippen LogP contribution in [0.3, 0.4) is 0 Å². The minimum absolute atomic E-state index is 0.00869. The Morgan fingerprint density at radius 3 is 2.39 bits per heavy atom. The summed E-state index contributed by atoms with van der Waals surface area (Å²) >= 11 is 6.56. The molecule has 0 aliphatic rings. The van der Waals surface area contributed by atoms with Crippen molar-refractivity contribution in [2.45, 2.75) is 31.2 Å². The molecule has 0 saturated heterocycles. The number of aryl methyl sites for hydroxylation is 3. The Morgan fingerprint density at radius 1 is 1.03 bits per heavy atom. The van der Waals surface area contributed by atoms with Gasteiger partial charge in [0.2, 0.25) is 0 Å². The van der Waals surface area contributed by atoms with Crippen LogP contribution >= 0.6 is 11.6 Å². The average molecular weight is 520 g/mol. The molecule has 184 valence electrons. The summed E-state index contributed by atoms with van der Waals surface area (Å²) in [4.78, 5) is 16.9. The summed E-state index contributed by atoms with van der Waals surface area (Å²) in [5.41, 5.74) is 4.07. The van der Waals surface area contributed by atoms with Crippen LogP contribution in [-0.4, -0.2) is 23.9 Å². The van der Waals surface area contributed by atoms with Crippen molar-refractivity contribution in [1.29, 1.82) is 0 Å². The fourth-order valence-electron chi connectivity index (χ4n) is 3.79. The standard InChI is InChI=1S/C28H26ClN3O3S/c1-3-21-12-15-25(16-13-21)36(34,35)31-28(33)27-19-32(20(2)30-27)18-24-14-11-23(17-26(24)29)10-9-22-7-5-4-6-8-22/h3-8,11-17,19H,1,9-10,18H2,2H3,(H,31,33). The molecule has 0 atom stereocenters. The molecule has 0 aliphatic carbocycles. The van der Waals surface area contributed by atoms with Gasteiger partial charge in [-0.1, -0.05) is 78.9 Å². The molecule has 4 aromatic rings. The highest BCUT2D eigenvalue weighted by Crippen LogP contribution is 2.21. The number of hydrogen-bond donors (Lipinski definition) is 1. The maximum atomic E-state index is 12.7. The predicted octanol–water partition coefficient (Wildman–Crippen LogP) is 5.44. The van der Waals surface area contributed by atoms with Crippen LogP contribution < -0.4 is 4.72 Å². The molecule has 3 aromatic carbocycles. The number of nitrogens with zero attached hydrogens (tertiary/aromatic N) is 2. The van der Waals surface area contributed by atoms with Gasteiger partial charge in [0.15, 0.2) is 0 Å². The van der Waals surface area contributed by atoms with Crippen LogP contribution in [0.1, 0.15) is 38.6 Å². The van der Waals surface area contributed by atoms with Crippen molar-refractivity contribution >= 4 is 33.6 Å². The predicted molar refractivity (Wildman–Crippen MR) is 143 cm³/mol. The lowest BCUT2D eigenvalue weighted by molar-refractivity contribution is 0.0977. The first-order chi connectivity index (χ1) is 17.2. The number of nitrogens with one attached hydrogen (secondary N) is 1. The molecule has 4 rings (SSSR count). The van der Waals surface area contributed by atoms with Gasteiger partial charge in [-0.15, -0.1) is 0 Å². The van der Waals surface area contributed by atoms with Gasteiger partial charge in [-0.2, -0.15) is 0 Å². The SMILES string of the molecule is C=Cc1ccc(S(=O)(=O)NC(=O)c2cn(Cc3ccc(CCc4ccccc4)cc3Cl)c(C)n2)cc1. The zero-order valence-electron chi connectivity index (χ0n) is 19.8. The van der Waals surface area contributed by atoms with E-state index in [0.717, 1.165) is 29.5 Å². The molecule has 0 saturated carbocycles. The molecule has 0 fully saturated rings. The summed E-state index contributed by atoms with van der Waals surface area (Å²) in [6.07, 6.45) is 4.94. The first-order valence-corrected chi connectivity index (χ1v) is 13.3. The maximum absolute atomic E-state index is 12.7. The first-order valence-electron chi connectivity index (χ1n) is 11.4. The van der Waals surface area contributed by atoms with E-state index in [1.807, 2.05) is 36.4 Å². The number of benzene rings is 3. The third-order valence-electron chi connectivity index (χ3n) is 5.87. The van der Waals surface area contributed by atoms with E-state index in [1.165, 1.54) is 23.9 Å². The largest absolute Gasteiger partial charge is 0.330 e. The number of carbonyl (C=O) groups excluding carboxylic acids is 1. The van der Waals surface area contributed by atoms with Crippen molar-refractivity contribution in [3.63, 3.8) is 0 Å².